The molecule has 1 aliphatic rings. The summed E-state index contributed by atoms with van der Waals surface area (Å²) in [5.41, 5.74) is 5.13. The molecule has 3 heterocycles. The molecule has 7 rings (SSSR count). The van der Waals surface area contributed by atoms with Gasteiger partial charge in [0, 0.05) is 49.0 Å². The van der Waals surface area contributed by atoms with Gasteiger partial charge in [-0.15, -0.1) is 0 Å². The minimum atomic E-state index is 0.000787. The Labute approximate surface area is 210 Å². The molecule has 0 aliphatic carbocycles. The molecule has 0 spiro atoms. The zero-order valence-corrected chi connectivity index (χ0v) is 20.6. The summed E-state index contributed by atoms with van der Waals surface area (Å²) in [6.07, 6.45) is 0.000787. The van der Waals surface area contributed by atoms with Crippen LogP contribution in [0.2, 0.25) is 0 Å². The van der Waals surface area contributed by atoms with Gasteiger partial charge >= 0.3 is 0 Å². The molecule has 0 unspecified atom stereocenters. The first-order valence-electron chi connectivity index (χ1n) is 12.8. The number of hydrogen-bond donors (Lipinski definition) is 0. The van der Waals surface area contributed by atoms with E-state index in [0.717, 1.165) is 26.3 Å². The van der Waals surface area contributed by atoms with Crippen LogP contribution >= 0.6 is 0 Å². The van der Waals surface area contributed by atoms with Gasteiger partial charge in [-0.25, -0.2) is 0 Å². The first-order chi connectivity index (χ1) is 17.7. The number of rotatable bonds is 7. The van der Waals surface area contributed by atoms with Crippen LogP contribution in [0.25, 0.3) is 43.6 Å². The van der Waals surface area contributed by atoms with E-state index in [2.05, 4.69) is 113 Å². The molecule has 180 valence electrons. The zero-order valence-electron chi connectivity index (χ0n) is 20.6. The molecule has 1 aliphatic heterocycles. The van der Waals surface area contributed by atoms with E-state index in [1.165, 1.54) is 43.6 Å². The number of nitrogens with zero attached hydrogens (tertiary/aromatic N) is 2. The van der Waals surface area contributed by atoms with E-state index in [4.69, 9.17) is 9.47 Å². The van der Waals surface area contributed by atoms with Gasteiger partial charge in [-0.2, -0.15) is 0 Å². The van der Waals surface area contributed by atoms with Crippen LogP contribution in [0.4, 0.5) is 0 Å². The molecule has 0 N–H and O–H groups in total. The van der Waals surface area contributed by atoms with Gasteiger partial charge in [-0.3, -0.25) is 0 Å². The number of aromatic nitrogens is 2. The van der Waals surface area contributed by atoms with Crippen LogP contribution in [0.1, 0.15) is 6.92 Å². The first kappa shape index (κ1) is 21.7. The lowest BCUT2D eigenvalue weighted by Crippen LogP contribution is -2.45. The Morgan fingerprint density at radius 1 is 0.639 bits per heavy atom. The SMILES string of the molecule is CC1(COC(Cn2c3ccccc3c3ccccc32)Cn2c3ccccc3c3ccccc32)COC1. The van der Waals surface area contributed by atoms with Crippen LogP contribution in [0.3, 0.4) is 0 Å². The van der Waals surface area contributed by atoms with Crippen molar-refractivity contribution < 1.29 is 9.47 Å². The van der Waals surface area contributed by atoms with Crippen molar-refractivity contribution in [2.45, 2.75) is 26.1 Å². The molecule has 2 aromatic heterocycles. The van der Waals surface area contributed by atoms with Crippen LogP contribution < -0.4 is 0 Å². The highest BCUT2D eigenvalue weighted by Crippen LogP contribution is 2.33. The van der Waals surface area contributed by atoms with Crippen molar-refractivity contribution in [1.82, 2.24) is 9.13 Å². The van der Waals surface area contributed by atoms with Crippen molar-refractivity contribution >= 4 is 43.6 Å². The monoisotopic (exact) mass is 474 g/mol. The molecule has 0 bridgehead atoms. The second-order valence-electron chi connectivity index (χ2n) is 10.5. The standard InChI is InChI=1S/C32H30N2O2/c1-32(20-35-21-32)22-36-23(18-33-28-14-6-2-10-24(28)25-11-3-7-15-29(25)33)19-34-30-16-8-4-12-26(30)27-13-5-9-17-31(27)34/h2-17,23H,18-22H2,1H3. The van der Waals surface area contributed by atoms with Crippen molar-refractivity contribution in [2.24, 2.45) is 5.41 Å². The highest BCUT2D eigenvalue weighted by molar-refractivity contribution is 6.08. The second-order valence-corrected chi connectivity index (χ2v) is 10.5. The number of ether oxygens (including phenoxy) is 2. The van der Waals surface area contributed by atoms with Crippen molar-refractivity contribution in [1.29, 1.82) is 0 Å². The maximum Gasteiger partial charge on any atom is 0.0933 e. The number of fused-ring (bicyclic) bond motifs is 6. The molecule has 0 saturated carbocycles. The smallest absolute Gasteiger partial charge is 0.0933 e. The Morgan fingerprint density at radius 3 is 1.33 bits per heavy atom. The van der Waals surface area contributed by atoms with Crippen LogP contribution in [-0.4, -0.2) is 35.1 Å². The Bertz CT molecular complexity index is 1480. The third kappa shape index (κ3) is 3.52. The van der Waals surface area contributed by atoms with E-state index in [1.54, 1.807) is 0 Å². The quantitative estimate of drug-likeness (QED) is 0.249. The molecule has 1 saturated heterocycles. The summed E-state index contributed by atoms with van der Waals surface area (Å²) >= 11 is 0. The van der Waals surface area contributed by atoms with Crippen molar-refractivity contribution in [3.05, 3.63) is 97.1 Å². The summed E-state index contributed by atoms with van der Waals surface area (Å²) in [4.78, 5) is 0. The normalized spacial score (nSPS) is 15.4. The van der Waals surface area contributed by atoms with E-state index in [1.807, 2.05) is 0 Å². The largest absolute Gasteiger partial charge is 0.380 e. The fraction of sp³-hybridized carbons (Fsp3) is 0.250. The molecule has 4 nitrogen and oxygen atoms in total. The van der Waals surface area contributed by atoms with E-state index in [0.29, 0.717) is 6.61 Å². The topological polar surface area (TPSA) is 28.3 Å². The van der Waals surface area contributed by atoms with Gasteiger partial charge in [0.15, 0.2) is 0 Å². The number of hydrogen-bond acceptors (Lipinski definition) is 2. The van der Waals surface area contributed by atoms with Gasteiger partial charge < -0.3 is 18.6 Å². The molecule has 1 fully saturated rings. The number of para-hydroxylation sites is 4. The second kappa shape index (κ2) is 8.51. The molecular formula is C32H30N2O2. The predicted octanol–water partition coefficient (Wildman–Crippen LogP) is 7.02. The summed E-state index contributed by atoms with van der Waals surface area (Å²) in [6, 6.07) is 34.9. The average Bonchev–Trinajstić information content (AvgIpc) is 3.39. The summed E-state index contributed by atoms with van der Waals surface area (Å²) < 4.78 is 17.2. The third-order valence-corrected chi connectivity index (χ3v) is 7.70. The Kier molecular flexibility index (Phi) is 5.12. The summed E-state index contributed by atoms with van der Waals surface area (Å²) in [5.74, 6) is 0. The van der Waals surface area contributed by atoms with Gasteiger partial charge in [0.05, 0.1) is 39.0 Å². The molecule has 0 radical (unpaired) electrons. The fourth-order valence-electron chi connectivity index (χ4n) is 5.82. The average molecular weight is 475 g/mol. The molecule has 4 heteroatoms. The first-order valence-corrected chi connectivity index (χ1v) is 12.8. The Morgan fingerprint density at radius 2 is 1.00 bits per heavy atom. The van der Waals surface area contributed by atoms with Crippen molar-refractivity contribution in [3.8, 4) is 0 Å². The minimum absolute atomic E-state index is 0.000787. The van der Waals surface area contributed by atoms with Crippen molar-refractivity contribution in [3.63, 3.8) is 0 Å². The molecule has 0 amide bonds. The van der Waals surface area contributed by atoms with Crippen LogP contribution in [0.15, 0.2) is 97.1 Å². The molecule has 6 aromatic rings. The lowest BCUT2D eigenvalue weighted by atomic mass is 9.90. The lowest BCUT2D eigenvalue weighted by Gasteiger charge is -2.38. The molecular weight excluding hydrogens is 444 g/mol. The Hall–Kier alpha value is -3.60. The summed E-state index contributed by atoms with van der Waals surface area (Å²) in [5, 5.41) is 5.18. The van der Waals surface area contributed by atoms with Crippen LogP contribution in [0, 0.1) is 5.41 Å². The number of benzene rings is 4. The zero-order chi connectivity index (χ0) is 24.1. The van der Waals surface area contributed by atoms with Gasteiger partial charge in [0.1, 0.15) is 0 Å². The molecule has 36 heavy (non-hydrogen) atoms. The minimum Gasteiger partial charge on any atom is -0.380 e. The Balaban J connectivity index is 1.33. The predicted molar refractivity (Wildman–Crippen MR) is 148 cm³/mol. The molecule has 4 aromatic carbocycles. The van der Waals surface area contributed by atoms with Gasteiger partial charge in [-0.1, -0.05) is 79.7 Å². The highest BCUT2D eigenvalue weighted by Gasteiger charge is 2.34. The van der Waals surface area contributed by atoms with E-state index in [9.17, 15) is 0 Å². The van der Waals surface area contributed by atoms with E-state index in [-0.39, 0.29) is 11.5 Å². The van der Waals surface area contributed by atoms with Crippen LogP contribution in [0.5, 0.6) is 0 Å². The van der Waals surface area contributed by atoms with E-state index >= 15 is 0 Å². The van der Waals surface area contributed by atoms with Gasteiger partial charge in [-0.05, 0) is 24.3 Å². The van der Waals surface area contributed by atoms with Gasteiger partial charge in [0.25, 0.3) is 0 Å². The fourth-order valence-corrected chi connectivity index (χ4v) is 5.82. The molecule has 0 atom stereocenters. The highest BCUT2D eigenvalue weighted by atomic mass is 16.5. The lowest BCUT2D eigenvalue weighted by molar-refractivity contribution is -0.151. The van der Waals surface area contributed by atoms with E-state index < -0.39 is 0 Å². The third-order valence-electron chi connectivity index (χ3n) is 7.70. The maximum atomic E-state index is 6.77. The maximum absolute atomic E-state index is 6.77. The summed E-state index contributed by atoms with van der Waals surface area (Å²) in [6.45, 7) is 6.06. The summed E-state index contributed by atoms with van der Waals surface area (Å²) in [7, 11) is 0. The van der Waals surface area contributed by atoms with Gasteiger partial charge in [0.2, 0.25) is 0 Å². The van der Waals surface area contributed by atoms with Crippen LogP contribution in [-0.2, 0) is 22.6 Å². The van der Waals surface area contributed by atoms with Crippen molar-refractivity contribution in [2.75, 3.05) is 19.8 Å².